The zero-order chi connectivity index (χ0) is 14.2. The molecule has 1 heterocycles. The maximum Gasteiger partial charge on any atom is 0.421 e. The molecule has 1 aromatic heterocycles. The Hall–Kier alpha value is -1.73. The number of carbonyl (C=O) groups excluding carboxylic acids is 1. The average molecular weight is 270 g/mol. The second-order valence-corrected chi connectivity index (χ2v) is 4.67. The first-order valence-corrected chi connectivity index (χ1v) is 5.57. The van der Waals surface area contributed by atoms with Crippen LogP contribution in [-0.4, -0.2) is 21.7 Å². The summed E-state index contributed by atoms with van der Waals surface area (Å²) >= 11 is 4.68. The molecule has 0 spiro atoms. The lowest BCUT2D eigenvalue weighted by Crippen LogP contribution is -2.36. The summed E-state index contributed by atoms with van der Waals surface area (Å²) in [6, 6.07) is 5.45. The highest BCUT2D eigenvalue weighted by Gasteiger charge is 2.14. The van der Waals surface area contributed by atoms with E-state index < -0.39 is 11.7 Å². The topological polar surface area (TPSA) is 103 Å². The minimum Gasteiger partial charge on any atom is -0.443 e. The number of thiocarbonyl (C=S) groups is 1. The highest BCUT2D eigenvalue weighted by Crippen LogP contribution is 2.05. The van der Waals surface area contributed by atoms with Crippen LogP contribution in [0.3, 0.4) is 0 Å². The molecule has 1 amide bonds. The van der Waals surface area contributed by atoms with E-state index >= 15 is 0 Å². The first kappa shape index (κ1) is 16.3. The van der Waals surface area contributed by atoms with Crippen LogP contribution in [0.5, 0.6) is 0 Å². The summed E-state index contributed by atoms with van der Waals surface area (Å²) in [7, 11) is 0. The van der Waals surface area contributed by atoms with Gasteiger partial charge < -0.3 is 10.5 Å². The van der Waals surface area contributed by atoms with Gasteiger partial charge in [0.25, 0.3) is 0 Å². The number of nitrogens with zero attached hydrogens (tertiary/aromatic N) is 1. The van der Waals surface area contributed by atoms with Crippen molar-refractivity contribution in [2.75, 3.05) is 0 Å². The Morgan fingerprint density at radius 3 is 2.28 bits per heavy atom. The molecule has 0 aliphatic rings. The predicted octanol–water partition coefficient (Wildman–Crippen LogP) is 1.10. The van der Waals surface area contributed by atoms with Crippen LogP contribution in [0, 0.1) is 0 Å². The van der Waals surface area contributed by atoms with Gasteiger partial charge in [-0.3, -0.25) is 10.4 Å². The van der Waals surface area contributed by atoms with E-state index in [1.165, 1.54) is 0 Å². The fourth-order valence-corrected chi connectivity index (χ4v) is 0.937. The molecule has 0 atom stereocenters. The average Bonchev–Trinajstić information content (AvgIpc) is 2.28. The Morgan fingerprint density at radius 1 is 1.44 bits per heavy atom. The quantitative estimate of drug-likeness (QED) is 0.305. The molecule has 0 saturated carbocycles. The summed E-state index contributed by atoms with van der Waals surface area (Å²) in [4.78, 5) is 14.6. The summed E-state index contributed by atoms with van der Waals surface area (Å²) in [5.41, 5.74) is 7.35. The van der Waals surface area contributed by atoms with Gasteiger partial charge in [0.1, 0.15) is 10.6 Å². The third-order valence-electron chi connectivity index (χ3n) is 1.43. The second kappa shape index (κ2) is 7.57. The molecule has 1 aromatic rings. The number of carbonyl (C=O) groups is 1. The minimum atomic E-state index is -0.609. The second-order valence-electron chi connectivity index (χ2n) is 4.23. The van der Waals surface area contributed by atoms with Gasteiger partial charge >= 0.3 is 6.09 Å². The number of rotatable bonds is 1. The summed E-state index contributed by atoms with van der Waals surface area (Å²) in [5.74, 6) is 4.75. The van der Waals surface area contributed by atoms with Crippen molar-refractivity contribution in [2.45, 2.75) is 26.4 Å². The fourth-order valence-electron chi connectivity index (χ4n) is 0.816. The van der Waals surface area contributed by atoms with Gasteiger partial charge in [-0.2, -0.15) is 0 Å². The molecule has 0 bridgehead atoms. The maximum atomic E-state index is 10.4. The van der Waals surface area contributed by atoms with Crippen molar-refractivity contribution in [3.05, 3.63) is 30.1 Å². The standard InChI is InChI=1S/C6H6N2S.C5H12N2O2/c7-6(9)5-3-1-2-4-8-5;1-5(2,3)9-4(8)7-6/h1-4H,(H2,7,9);6H2,1-3H3,(H,7,8). The normalized spacial score (nSPS) is 9.78. The van der Waals surface area contributed by atoms with E-state index in [0.717, 1.165) is 0 Å². The molecule has 0 aliphatic carbocycles. The third kappa shape index (κ3) is 8.43. The van der Waals surface area contributed by atoms with Crippen LogP contribution >= 0.6 is 12.2 Å². The van der Waals surface area contributed by atoms with E-state index in [4.69, 9.17) is 16.3 Å². The van der Waals surface area contributed by atoms with Gasteiger partial charge in [-0.1, -0.05) is 18.3 Å². The molecule has 0 aliphatic heterocycles. The van der Waals surface area contributed by atoms with Crippen LogP contribution in [-0.2, 0) is 4.74 Å². The van der Waals surface area contributed by atoms with Gasteiger partial charge in [0, 0.05) is 6.20 Å². The summed E-state index contributed by atoms with van der Waals surface area (Å²) < 4.78 is 4.71. The van der Waals surface area contributed by atoms with Gasteiger partial charge in [-0.15, -0.1) is 0 Å². The van der Waals surface area contributed by atoms with E-state index in [-0.39, 0.29) is 0 Å². The van der Waals surface area contributed by atoms with Crippen LogP contribution < -0.4 is 17.0 Å². The van der Waals surface area contributed by atoms with Gasteiger partial charge in [0.2, 0.25) is 0 Å². The zero-order valence-electron chi connectivity index (χ0n) is 10.6. The minimum absolute atomic E-state index is 0.343. The zero-order valence-corrected chi connectivity index (χ0v) is 11.5. The largest absolute Gasteiger partial charge is 0.443 e. The fraction of sp³-hybridized carbons (Fsp3) is 0.364. The van der Waals surface area contributed by atoms with Crippen molar-refractivity contribution in [1.82, 2.24) is 10.4 Å². The summed E-state index contributed by atoms with van der Waals surface area (Å²) in [6.07, 6.45) is 1.05. The van der Waals surface area contributed by atoms with Crippen molar-refractivity contribution < 1.29 is 9.53 Å². The number of nitrogens with one attached hydrogen (secondary N) is 1. The monoisotopic (exact) mass is 270 g/mol. The molecule has 0 fully saturated rings. The van der Waals surface area contributed by atoms with Crippen LogP contribution in [0.25, 0.3) is 0 Å². The number of ether oxygens (including phenoxy) is 1. The molecule has 0 radical (unpaired) electrons. The number of aromatic nitrogens is 1. The molecule has 0 unspecified atom stereocenters. The molecule has 0 saturated heterocycles. The van der Waals surface area contributed by atoms with Crippen molar-refractivity contribution in [1.29, 1.82) is 0 Å². The Bertz CT molecular complexity index is 390. The maximum absolute atomic E-state index is 10.4. The number of amides is 1. The molecular weight excluding hydrogens is 252 g/mol. The van der Waals surface area contributed by atoms with E-state index in [1.807, 2.05) is 17.6 Å². The van der Waals surface area contributed by atoms with Crippen molar-refractivity contribution >= 4 is 23.3 Å². The van der Waals surface area contributed by atoms with Gasteiger partial charge in [-0.05, 0) is 32.9 Å². The first-order chi connectivity index (χ1) is 8.26. The SMILES string of the molecule is CC(C)(C)OC(=O)NN.NC(=S)c1ccccn1. The van der Waals surface area contributed by atoms with E-state index in [9.17, 15) is 4.79 Å². The molecule has 1 rings (SSSR count). The lowest BCUT2D eigenvalue weighted by Gasteiger charge is -2.18. The Kier molecular flexibility index (Phi) is 6.84. The summed E-state index contributed by atoms with van der Waals surface area (Å²) in [6.45, 7) is 5.30. The summed E-state index contributed by atoms with van der Waals surface area (Å²) in [5, 5.41) is 0. The number of nitrogens with two attached hydrogens (primary N) is 2. The highest BCUT2D eigenvalue weighted by molar-refractivity contribution is 7.80. The lowest BCUT2D eigenvalue weighted by molar-refractivity contribution is 0.0527. The Morgan fingerprint density at radius 2 is 2.06 bits per heavy atom. The Labute approximate surface area is 112 Å². The molecule has 0 aromatic carbocycles. The smallest absolute Gasteiger partial charge is 0.421 e. The molecule has 7 heteroatoms. The van der Waals surface area contributed by atoms with Crippen LogP contribution in [0.4, 0.5) is 4.79 Å². The van der Waals surface area contributed by atoms with Gasteiger partial charge in [-0.25, -0.2) is 10.6 Å². The molecule has 100 valence electrons. The van der Waals surface area contributed by atoms with Crippen molar-refractivity contribution in [2.24, 2.45) is 11.6 Å². The third-order valence-corrected chi connectivity index (χ3v) is 1.64. The number of hydrazine groups is 1. The first-order valence-electron chi connectivity index (χ1n) is 5.16. The molecule has 6 nitrogen and oxygen atoms in total. The van der Waals surface area contributed by atoms with Crippen LogP contribution in [0.15, 0.2) is 24.4 Å². The van der Waals surface area contributed by atoms with Gasteiger partial charge in [0.05, 0.1) is 5.69 Å². The van der Waals surface area contributed by atoms with Crippen molar-refractivity contribution in [3.8, 4) is 0 Å². The Balaban J connectivity index is 0.000000321. The van der Waals surface area contributed by atoms with E-state index in [0.29, 0.717) is 10.7 Å². The van der Waals surface area contributed by atoms with Crippen molar-refractivity contribution in [3.63, 3.8) is 0 Å². The van der Waals surface area contributed by atoms with Gasteiger partial charge in [0.15, 0.2) is 0 Å². The predicted molar refractivity (Wildman–Crippen MR) is 73.7 cm³/mol. The van der Waals surface area contributed by atoms with Crippen LogP contribution in [0.2, 0.25) is 0 Å². The number of pyridine rings is 1. The van der Waals surface area contributed by atoms with E-state index in [2.05, 4.69) is 17.2 Å². The number of hydrogen-bond donors (Lipinski definition) is 3. The molecule has 18 heavy (non-hydrogen) atoms. The molecule has 5 N–H and O–H groups in total. The number of hydrogen-bond acceptors (Lipinski definition) is 5. The van der Waals surface area contributed by atoms with Crippen LogP contribution in [0.1, 0.15) is 26.5 Å². The highest BCUT2D eigenvalue weighted by atomic mass is 32.1. The molecular formula is C11H18N4O2S. The lowest BCUT2D eigenvalue weighted by atomic mass is 10.2. The van der Waals surface area contributed by atoms with E-state index in [1.54, 1.807) is 33.0 Å².